The molecule has 5 aliphatic carbocycles. The Morgan fingerprint density at radius 2 is 1.59 bits per heavy atom. The molecule has 5 fully saturated rings. The van der Waals surface area contributed by atoms with Gasteiger partial charge in [0.15, 0.2) is 0 Å². The van der Waals surface area contributed by atoms with E-state index >= 15 is 0 Å². The molecule has 0 saturated heterocycles. The summed E-state index contributed by atoms with van der Waals surface area (Å²) in [5.74, 6) is 5.62. The SMILES string of the molecule is CN(CC1CC1)C1C(CC2C3CCC2CC3)CCCC1C1CCC(C#N)C(F)C1. The van der Waals surface area contributed by atoms with Gasteiger partial charge in [0.1, 0.15) is 6.17 Å². The van der Waals surface area contributed by atoms with Crippen molar-refractivity contribution in [1.82, 2.24) is 4.90 Å². The zero-order chi connectivity index (χ0) is 20.0. The Morgan fingerprint density at radius 1 is 0.897 bits per heavy atom. The summed E-state index contributed by atoms with van der Waals surface area (Å²) in [6, 6.07) is 2.90. The van der Waals surface area contributed by atoms with Gasteiger partial charge in [-0.3, -0.25) is 0 Å². The van der Waals surface area contributed by atoms with Crippen molar-refractivity contribution in [2.75, 3.05) is 13.6 Å². The average molecular weight is 401 g/mol. The maximum atomic E-state index is 14.7. The molecule has 0 aromatic rings. The highest BCUT2D eigenvalue weighted by atomic mass is 19.1. The maximum absolute atomic E-state index is 14.7. The van der Waals surface area contributed by atoms with Crippen LogP contribution in [0.2, 0.25) is 0 Å². The zero-order valence-electron chi connectivity index (χ0n) is 18.4. The lowest BCUT2D eigenvalue weighted by Gasteiger charge is -2.49. The van der Waals surface area contributed by atoms with Crippen LogP contribution in [0.5, 0.6) is 0 Å². The lowest BCUT2D eigenvalue weighted by Crippen LogP contribution is -2.50. The second-order valence-corrected chi connectivity index (χ2v) is 11.6. The van der Waals surface area contributed by atoms with Crippen LogP contribution in [0.3, 0.4) is 0 Å². The van der Waals surface area contributed by atoms with Crippen molar-refractivity contribution >= 4 is 0 Å². The fraction of sp³-hybridized carbons (Fsp3) is 0.962. The molecule has 0 N–H and O–H groups in total. The summed E-state index contributed by atoms with van der Waals surface area (Å²) in [5.41, 5.74) is 0. The number of halogens is 1. The topological polar surface area (TPSA) is 27.0 Å². The number of fused-ring (bicyclic) bond motifs is 2. The summed E-state index contributed by atoms with van der Waals surface area (Å²) in [7, 11) is 2.39. The number of hydrogen-bond acceptors (Lipinski definition) is 2. The Morgan fingerprint density at radius 3 is 2.21 bits per heavy atom. The Bertz CT molecular complexity index is 590. The molecule has 5 aliphatic rings. The van der Waals surface area contributed by atoms with Gasteiger partial charge in [0.05, 0.1) is 12.0 Å². The molecule has 0 aromatic carbocycles. The molecule has 5 saturated carbocycles. The van der Waals surface area contributed by atoms with Crippen LogP contribution in [0, 0.1) is 58.7 Å². The van der Waals surface area contributed by atoms with Gasteiger partial charge < -0.3 is 4.90 Å². The molecular formula is C26H41FN2. The second-order valence-electron chi connectivity index (χ2n) is 11.6. The third kappa shape index (κ3) is 4.13. The quantitative estimate of drug-likeness (QED) is 0.529. The van der Waals surface area contributed by atoms with E-state index < -0.39 is 6.17 Å². The fourth-order valence-electron chi connectivity index (χ4n) is 8.40. The molecule has 0 amide bonds. The average Bonchev–Trinajstić information content (AvgIpc) is 3.38. The third-order valence-electron chi connectivity index (χ3n) is 9.97. The molecule has 162 valence electrons. The van der Waals surface area contributed by atoms with Gasteiger partial charge in [-0.05, 0) is 126 Å². The van der Waals surface area contributed by atoms with Gasteiger partial charge >= 0.3 is 0 Å². The van der Waals surface area contributed by atoms with Crippen molar-refractivity contribution in [2.24, 2.45) is 47.3 Å². The van der Waals surface area contributed by atoms with Crippen molar-refractivity contribution in [1.29, 1.82) is 5.26 Å². The van der Waals surface area contributed by atoms with E-state index in [2.05, 4.69) is 18.0 Å². The molecule has 0 spiro atoms. The van der Waals surface area contributed by atoms with Crippen LogP contribution in [0.15, 0.2) is 0 Å². The van der Waals surface area contributed by atoms with E-state index in [0.29, 0.717) is 24.3 Å². The lowest BCUT2D eigenvalue weighted by atomic mass is 9.63. The normalized spacial score (nSPS) is 47.4. The van der Waals surface area contributed by atoms with Crippen molar-refractivity contribution in [2.45, 2.75) is 95.7 Å². The van der Waals surface area contributed by atoms with Crippen LogP contribution in [0.1, 0.15) is 83.5 Å². The predicted molar refractivity (Wildman–Crippen MR) is 115 cm³/mol. The van der Waals surface area contributed by atoms with Crippen LogP contribution < -0.4 is 0 Å². The minimum absolute atomic E-state index is 0.345. The molecule has 2 nitrogen and oxygen atoms in total. The largest absolute Gasteiger partial charge is 0.303 e. The second kappa shape index (κ2) is 8.49. The van der Waals surface area contributed by atoms with E-state index in [1.165, 1.54) is 70.8 Å². The lowest BCUT2D eigenvalue weighted by molar-refractivity contribution is 0.00207. The smallest absolute Gasteiger partial charge is 0.116 e. The molecule has 5 rings (SSSR count). The number of nitrogens with zero attached hydrogens (tertiary/aromatic N) is 2. The molecule has 29 heavy (non-hydrogen) atoms. The predicted octanol–water partition coefficient (Wildman–Crippen LogP) is 6.22. The molecule has 6 atom stereocenters. The van der Waals surface area contributed by atoms with E-state index in [1.807, 2.05) is 0 Å². The molecule has 6 unspecified atom stereocenters. The number of rotatable bonds is 6. The minimum Gasteiger partial charge on any atom is -0.303 e. The van der Waals surface area contributed by atoms with E-state index in [4.69, 9.17) is 0 Å². The van der Waals surface area contributed by atoms with Gasteiger partial charge in [0.25, 0.3) is 0 Å². The van der Waals surface area contributed by atoms with Crippen molar-refractivity contribution < 1.29 is 4.39 Å². The van der Waals surface area contributed by atoms with Crippen molar-refractivity contribution in [3.63, 3.8) is 0 Å². The van der Waals surface area contributed by atoms with Crippen LogP contribution in [-0.2, 0) is 0 Å². The van der Waals surface area contributed by atoms with Gasteiger partial charge in [-0.1, -0.05) is 6.42 Å². The standard InChI is InChI=1S/C26H41FN2/c1-29(16-17-5-6-17)26-21(13-24-18-7-8-19(24)10-9-18)3-2-4-23(26)20-11-12-22(15-28)25(27)14-20/h17-26H,2-14,16H2,1H3. The van der Waals surface area contributed by atoms with Crippen LogP contribution in [-0.4, -0.2) is 30.7 Å². The summed E-state index contributed by atoms with van der Waals surface area (Å²) in [5, 5.41) is 9.26. The van der Waals surface area contributed by atoms with Crippen LogP contribution >= 0.6 is 0 Å². The molecule has 0 radical (unpaired) electrons. The minimum atomic E-state index is -0.890. The van der Waals surface area contributed by atoms with Gasteiger partial charge in [-0.2, -0.15) is 5.26 Å². The number of nitriles is 1. The molecule has 3 heteroatoms. The summed E-state index contributed by atoms with van der Waals surface area (Å²) in [6.07, 6.45) is 15.9. The fourth-order valence-corrected chi connectivity index (χ4v) is 8.40. The van der Waals surface area contributed by atoms with E-state index in [-0.39, 0.29) is 5.92 Å². The molecule has 2 bridgehead atoms. The Balaban J connectivity index is 1.32. The Kier molecular flexibility index (Phi) is 5.94. The molecular weight excluding hydrogens is 359 g/mol. The van der Waals surface area contributed by atoms with Crippen molar-refractivity contribution in [3.8, 4) is 6.07 Å². The number of hydrogen-bond donors (Lipinski definition) is 0. The first kappa shape index (κ1) is 20.3. The van der Waals surface area contributed by atoms with Crippen molar-refractivity contribution in [3.05, 3.63) is 0 Å². The molecule has 0 aliphatic heterocycles. The highest BCUT2D eigenvalue weighted by Crippen LogP contribution is 2.54. The van der Waals surface area contributed by atoms with E-state index in [1.54, 1.807) is 0 Å². The van der Waals surface area contributed by atoms with Crippen LogP contribution in [0.4, 0.5) is 4.39 Å². The third-order valence-corrected chi connectivity index (χ3v) is 9.97. The first-order valence-electron chi connectivity index (χ1n) is 12.9. The molecule has 0 aromatic heterocycles. The van der Waals surface area contributed by atoms with Gasteiger partial charge in [-0.15, -0.1) is 0 Å². The Labute approximate surface area is 177 Å². The number of alkyl halides is 1. The first-order chi connectivity index (χ1) is 14.1. The Hall–Kier alpha value is -0.620. The highest BCUT2D eigenvalue weighted by Gasteiger charge is 2.47. The zero-order valence-corrected chi connectivity index (χ0v) is 18.4. The summed E-state index contributed by atoms with van der Waals surface area (Å²) >= 11 is 0. The maximum Gasteiger partial charge on any atom is 0.116 e. The van der Waals surface area contributed by atoms with E-state index in [0.717, 1.165) is 42.4 Å². The van der Waals surface area contributed by atoms with Gasteiger partial charge in [0.2, 0.25) is 0 Å². The highest BCUT2D eigenvalue weighted by molar-refractivity contribution is 5.01. The summed E-state index contributed by atoms with van der Waals surface area (Å²) < 4.78 is 14.7. The van der Waals surface area contributed by atoms with Gasteiger partial charge in [-0.25, -0.2) is 4.39 Å². The first-order valence-corrected chi connectivity index (χ1v) is 12.9. The summed E-state index contributed by atoms with van der Waals surface area (Å²) in [6.45, 7) is 1.27. The monoisotopic (exact) mass is 400 g/mol. The molecule has 0 heterocycles. The van der Waals surface area contributed by atoms with Crippen LogP contribution in [0.25, 0.3) is 0 Å². The van der Waals surface area contributed by atoms with E-state index in [9.17, 15) is 9.65 Å². The van der Waals surface area contributed by atoms with Gasteiger partial charge in [0, 0.05) is 12.6 Å². The summed E-state index contributed by atoms with van der Waals surface area (Å²) in [4.78, 5) is 2.74.